The van der Waals surface area contributed by atoms with Crippen LogP contribution in [0.1, 0.15) is 46.4 Å². The van der Waals surface area contributed by atoms with E-state index in [-0.39, 0.29) is 93.0 Å². The van der Waals surface area contributed by atoms with Crippen LogP contribution in [-0.2, 0) is 6.42 Å². The molecule has 0 bridgehead atoms. The van der Waals surface area contributed by atoms with Crippen molar-refractivity contribution in [3.05, 3.63) is 55.7 Å². The maximum atomic E-state index is 12.3. The average Bonchev–Trinajstić information content (AvgIpc) is 2.59. The molecule has 10 heteroatoms. The number of rotatable bonds is 5. The number of carbonyl (C=O) groups excluding carboxylic acids is 2. The molecular weight excluding hydrogens is 390 g/mol. The van der Waals surface area contributed by atoms with Crippen LogP contribution in [0.3, 0.4) is 0 Å². The summed E-state index contributed by atoms with van der Waals surface area (Å²) in [5.74, 6) is -4.68. The summed E-state index contributed by atoms with van der Waals surface area (Å²) in [5.41, 5.74) is -1.21. The molecule has 134 valence electrons. The number of hydrogen-bond donors (Lipinski definition) is 0. The van der Waals surface area contributed by atoms with Gasteiger partial charge >= 0.3 is 59.1 Å². The fourth-order valence-electron chi connectivity index (χ4n) is 2.76. The fraction of sp³-hybridized carbons (Fsp3) is 0.222. The van der Waals surface area contributed by atoms with Gasteiger partial charge in [-0.2, -0.15) is 0 Å². The van der Waals surface area contributed by atoms with E-state index in [4.69, 9.17) is 8.83 Å². The Morgan fingerprint density at radius 1 is 0.857 bits per heavy atom. The normalized spacial score (nSPS) is 10.3. The van der Waals surface area contributed by atoms with Crippen LogP contribution in [0.15, 0.2) is 36.6 Å². The summed E-state index contributed by atoms with van der Waals surface area (Å²) in [6.07, 6.45) is 1.63. The molecule has 0 amide bonds. The summed E-state index contributed by atoms with van der Waals surface area (Å²) >= 11 is 0. The maximum absolute atomic E-state index is 12.3. The summed E-state index contributed by atoms with van der Waals surface area (Å²) in [7, 11) is 0. The zero-order valence-electron chi connectivity index (χ0n) is 15.6. The number of aromatic carboxylic acids is 2. The van der Waals surface area contributed by atoms with Crippen LogP contribution in [-0.4, -0.2) is 11.9 Å². The third kappa shape index (κ3) is 4.59. The van der Waals surface area contributed by atoms with Gasteiger partial charge in [-0.05, 0) is 18.9 Å². The third-order valence-corrected chi connectivity index (χ3v) is 3.99. The molecule has 28 heavy (non-hydrogen) atoms. The molecular formula is C18H12Na2O8. The second-order valence-electron chi connectivity index (χ2n) is 5.74. The van der Waals surface area contributed by atoms with Gasteiger partial charge < -0.3 is 28.6 Å². The van der Waals surface area contributed by atoms with Crippen molar-refractivity contribution >= 4 is 33.9 Å². The monoisotopic (exact) mass is 402 g/mol. The number of carboxylic acids is 2. The van der Waals surface area contributed by atoms with Gasteiger partial charge in [-0.3, -0.25) is 9.59 Å². The van der Waals surface area contributed by atoms with Crippen molar-refractivity contribution in [3.63, 3.8) is 0 Å². The molecule has 0 fully saturated rings. The van der Waals surface area contributed by atoms with Crippen LogP contribution in [0.5, 0.6) is 0 Å². The van der Waals surface area contributed by atoms with E-state index in [1.54, 1.807) is 0 Å². The fourth-order valence-corrected chi connectivity index (χ4v) is 2.76. The van der Waals surface area contributed by atoms with E-state index in [1.807, 2.05) is 6.92 Å². The quantitative estimate of drug-likeness (QED) is 0.303. The molecule has 0 radical (unpaired) electrons. The summed E-state index contributed by atoms with van der Waals surface area (Å²) in [6, 6.07) is 2.74. The smallest absolute Gasteiger partial charge is 0.542 e. The number of unbranched alkanes of at least 4 members (excludes halogenated alkanes) is 1. The van der Waals surface area contributed by atoms with Crippen molar-refractivity contribution in [1.82, 2.24) is 0 Å². The van der Waals surface area contributed by atoms with Crippen LogP contribution in [0.2, 0.25) is 0 Å². The average molecular weight is 402 g/mol. The number of carboxylic acid groups (broad SMARTS) is 2. The van der Waals surface area contributed by atoms with Crippen molar-refractivity contribution in [3.8, 4) is 0 Å². The van der Waals surface area contributed by atoms with Gasteiger partial charge in [-0.1, -0.05) is 13.3 Å². The number of carbonyl (C=O) groups is 2. The summed E-state index contributed by atoms with van der Waals surface area (Å²) in [6.45, 7) is 1.90. The van der Waals surface area contributed by atoms with Crippen molar-refractivity contribution in [1.29, 1.82) is 0 Å². The Kier molecular flexibility index (Phi) is 8.67. The molecule has 1 aromatic carbocycles. The minimum atomic E-state index is -1.67. The molecule has 0 saturated heterocycles. The molecule has 2 heterocycles. The first-order valence-electron chi connectivity index (χ1n) is 7.83. The van der Waals surface area contributed by atoms with E-state index >= 15 is 0 Å². The molecule has 0 aliphatic heterocycles. The first-order valence-corrected chi connectivity index (χ1v) is 7.83. The van der Waals surface area contributed by atoms with Crippen molar-refractivity contribution in [2.75, 3.05) is 0 Å². The predicted octanol–water partition coefficient (Wildman–Crippen LogP) is -6.02. The zero-order valence-corrected chi connectivity index (χ0v) is 19.6. The van der Waals surface area contributed by atoms with Crippen molar-refractivity contribution in [2.24, 2.45) is 0 Å². The second kappa shape index (κ2) is 9.87. The first-order chi connectivity index (χ1) is 12.3. The molecule has 3 rings (SSSR count). The molecule has 2 aromatic heterocycles. The first kappa shape index (κ1) is 24.6. The Bertz CT molecular complexity index is 1090. The third-order valence-electron chi connectivity index (χ3n) is 3.99. The van der Waals surface area contributed by atoms with Crippen LogP contribution in [0.25, 0.3) is 21.9 Å². The summed E-state index contributed by atoms with van der Waals surface area (Å²) in [5, 5.41) is 22.2. The molecule has 8 nitrogen and oxygen atoms in total. The zero-order chi connectivity index (χ0) is 19.0. The summed E-state index contributed by atoms with van der Waals surface area (Å²) in [4.78, 5) is 46.7. The van der Waals surface area contributed by atoms with Gasteiger partial charge in [-0.25, -0.2) is 0 Å². The van der Waals surface area contributed by atoms with Gasteiger partial charge in [0.25, 0.3) is 0 Å². The number of benzene rings is 1. The Labute approximate surface area is 202 Å². The van der Waals surface area contributed by atoms with Gasteiger partial charge in [-0.15, -0.1) is 0 Å². The molecule has 0 aliphatic carbocycles. The topological polar surface area (TPSA) is 141 Å². The van der Waals surface area contributed by atoms with E-state index in [0.717, 1.165) is 18.6 Å². The van der Waals surface area contributed by atoms with Crippen molar-refractivity contribution < 1.29 is 87.8 Å². The number of hydrogen-bond acceptors (Lipinski definition) is 8. The molecule has 0 saturated carbocycles. The van der Waals surface area contributed by atoms with E-state index in [9.17, 15) is 29.4 Å². The van der Waals surface area contributed by atoms with Gasteiger partial charge in [0.15, 0.2) is 22.4 Å². The Morgan fingerprint density at radius 3 is 1.64 bits per heavy atom. The molecule has 0 aliphatic rings. The van der Waals surface area contributed by atoms with Crippen LogP contribution < -0.4 is 80.2 Å². The molecule has 0 unspecified atom stereocenters. The predicted molar refractivity (Wildman–Crippen MR) is 85.8 cm³/mol. The Morgan fingerprint density at radius 2 is 1.29 bits per heavy atom. The van der Waals surface area contributed by atoms with E-state index in [0.29, 0.717) is 6.42 Å². The maximum Gasteiger partial charge on any atom is 1.00 e. The van der Waals surface area contributed by atoms with E-state index in [1.165, 1.54) is 6.07 Å². The second-order valence-corrected chi connectivity index (χ2v) is 5.74. The van der Waals surface area contributed by atoms with Gasteiger partial charge in [0.2, 0.25) is 0 Å². The SMILES string of the molecule is CCCCc1c2oc(C(=O)[O-])cc(=O)c2cc2c(=O)cc(C(=O)[O-])oc12.[Na+].[Na+]. The molecule has 0 spiro atoms. The molecule has 0 N–H and O–H groups in total. The Hall–Kier alpha value is -1.42. The van der Waals surface area contributed by atoms with Crippen molar-refractivity contribution in [2.45, 2.75) is 26.2 Å². The largest absolute Gasteiger partial charge is 1.00 e. The standard InChI is InChI=1S/C18H14O8.2Na/c1-2-3-4-8-15-9(11(19)6-13(25-15)17(21)22)5-10-12(20)7-14(18(23)24)26-16(8)10;;/h5-7H,2-4H2,1H3,(H,21,22)(H,23,24);;/q;2*+1/p-2. The number of fused-ring (bicyclic) bond motifs is 2. The minimum absolute atomic E-state index is 0. The Balaban J connectivity index is 0.00000196. The number of aryl methyl sites for hydroxylation is 1. The van der Waals surface area contributed by atoms with E-state index < -0.39 is 34.3 Å². The van der Waals surface area contributed by atoms with Gasteiger partial charge in [0, 0.05) is 17.7 Å². The summed E-state index contributed by atoms with van der Waals surface area (Å²) < 4.78 is 10.6. The van der Waals surface area contributed by atoms with Gasteiger partial charge in [0.05, 0.1) is 10.8 Å². The molecule has 3 aromatic rings. The van der Waals surface area contributed by atoms with E-state index in [2.05, 4.69) is 0 Å². The van der Waals surface area contributed by atoms with Crippen LogP contribution >= 0.6 is 0 Å². The van der Waals surface area contributed by atoms with Crippen LogP contribution in [0.4, 0.5) is 0 Å². The van der Waals surface area contributed by atoms with Crippen LogP contribution in [0, 0.1) is 0 Å². The van der Waals surface area contributed by atoms with Gasteiger partial charge in [0.1, 0.15) is 23.1 Å². The molecule has 0 atom stereocenters. The minimum Gasteiger partial charge on any atom is -0.542 e.